The minimum Gasteiger partial charge on any atom is -0.508 e. The molecule has 6 nitrogen and oxygen atoms in total. The number of halogens is 1. The fraction of sp³-hybridized carbons (Fsp3) is 0.125. The maximum absolute atomic E-state index is 11.9. The number of amides is 2. The highest BCUT2D eigenvalue weighted by molar-refractivity contribution is 6.31. The van der Waals surface area contributed by atoms with E-state index in [2.05, 4.69) is 10.9 Å². The molecular weight excluding hydrogens is 320 g/mol. The van der Waals surface area contributed by atoms with Crippen molar-refractivity contribution < 1.29 is 19.8 Å². The average molecular weight is 335 g/mol. The third-order valence-corrected chi connectivity index (χ3v) is 3.37. The molecule has 0 saturated heterocycles. The monoisotopic (exact) mass is 334 g/mol. The van der Waals surface area contributed by atoms with Crippen LogP contribution >= 0.6 is 11.6 Å². The number of hydrogen-bond acceptors (Lipinski definition) is 4. The third-order valence-electron chi connectivity index (χ3n) is 3.13. The fourth-order valence-corrected chi connectivity index (χ4v) is 2.09. The van der Waals surface area contributed by atoms with Crippen molar-refractivity contribution in [3.05, 3.63) is 58.6 Å². The van der Waals surface area contributed by atoms with Crippen LogP contribution in [0.5, 0.6) is 11.5 Å². The molecule has 2 rings (SSSR count). The van der Waals surface area contributed by atoms with Gasteiger partial charge in [-0.3, -0.25) is 20.4 Å². The number of rotatable bonds is 4. The van der Waals surface area contributed by atoms with Crippen LogP contribution in [-0.2, 0) is 11.2 Å². The van der Waals surface area contributed by atoms with Crippen LogP contribution in [0, 0.1) is 0 Å². The Morgan fingerprint density at radius 2 is 1.74 bits per heavy atom. The van der Waals surface area contributed by atoms with E-state index in [1.165, 1.54) is 24.3 Å². The first-order chi connectivity index (χ1) is 11.0. The summed E-state index contributed by atoms with van der Waals surface area (Å²) in [5.74, 6) is -1.23. The van der Waals surface area contributed by atoms with Crippen LogP contribution in [0.2, 0.25) is 5.02 Å². The van der Waals surface area contributed by atoms with E-state index in [9.17, 15) is 19.8 Å². The van der Waals surface area contributed by atoms with Gasteiger partial charge in [0.25, 0.3) is 5.91 Å². The molecule has 0 unspecified atom stereocenters. The van der Waals surface area contributed by atoms with E-state index in [-0.39, 0.29) is 23.5 Å². The second-order valence-corrected chi connectivity index (χ2v) is 5.23. The average Bonchev–Trinajstić information content (AvgIpc) is 2.54. The minimum atomic E-state index is -0.680. The van der Waals surface area contributed by atoms with Gasteiger partial charge >= 0.3 is 0 Å². The van der Waals surface area contributed by atoms with Crippen LogP contribution in [0.1, 0.15) is 22.3 Å². The topological polar surface area (TPSA) is 98.7 Å². The Morgan fingerprint density at radius 1 is 1.00 bits per heavy atom. The highest BCUT2D eigenvalue weighted by Crippen LogP contribution is 2.21. The number of phenols is 2. The summed E-state index contributed by atoms with van der Waals surface area (Å²) in [6, 6.07) is 10.7. The van der Waals surface area contributed by atoms with Crippen molar-refractivity contribution >= 4 is 23.4 Å². The molecule has 0 radical (unpaired) electrons. The summed E-state index contributed by atoms with van der Waals surface area (Å²) in [5, 5.41) is 19.5. The zero-order chi connectivity index (χ0) is 16.8. The van der Waals surface area contributed by atoms with Crippen LogP contribution in [0.15, 0.2) is 42.5 Å². The third kappa shape index (κ3) is 4.62. The minimum absolute atomic E-state index is 0.0431. The quantitative estimate of drug-likeness (QED) is 0.644. The van der Waals surface area contributed by atoms with Gasteiger partial charge in [0.05, 0.1) is 5.56 Å². The molecule has 0 saturated carbocycles. The highest BCUT2D eigenvalue weighted by Gasteiger charge is 2.13. The molecule has 2 aromatic rings. The van der Waals surface area contributed by atoms with Gasteiger partial charge in [-0.25, -0.2) is 0 Å². The number of aryl methyl sites for hydroxylation is 1. The molecule has 2 aromatic carbocycles. The molecule has 2 amide bonds. The summed E-state index contributed by atoms with van der Waals surface area (Å²) in [6.07, 6.45) is 0.413. The summed E-state index contributed by atoms with van der Waals surface area (Å²) in [7, 11) is 0. The number of benzene rings is 2. The first-order valence-electron chi connectivity index (χ1n) is 6.82. The predicted molar refractivity (Wildman–Crippen MR) is 85.2 cm³/mol. The first kappa shape index (κ1) is 16.6. The van der Waals surface area contributed by atoms with Gasteiger partial charge in [-0.05, 0) is 36.2 Å². The number of nitrogens with one attached hydrogen (secondary N) is 2. The summed E-state index contributed by atoms with van der Waals surface area (Å²) in [4.78, 5) is 23.6. The lowest BCUT2D eigenvalue weighted by molar-refractivity contribution is -0.121. The smallest absolute Gasteiger partial charge is 0.273 e. The van der Waals surface area contributed by atoms with Crippen molar-refractivity contribution in [2.24, 2.45) is 0 Å². The first-order valence-corrected chi connectivity index (χ1v) is 7.19. The Morgan fingerprint density at radius 3 is 2.48 bits per heavy atom. The van der Waals surface area contributed by atoms with Crippen molar-refractivity contribution in [3.8, 4) is 11.5 Å². The Balaban J connectivity index is 1.86. The molecule has 0 spiro atoms. The maximum atomic E-state index is 11.9. The Kier molecular flexibility index (Phi) is 5.43. The Bertz CT molecular complexity index is 734. The molecule has 0 atom stereocenters. The zero-order valence-corrected chi connectivity index (χ0v) is 12.8. The van der Waals surface area contributed by atoms with Crippen LogP contribution in [0.4, 0.5) is 0 Å². The van der Waals surface area contributed by atoms with E-state index >= 15 is 0 Å². The molecule has 0 bridgehead atoms. The Hall–Kier alpha value is -2.73. The van der Waals surface area contributed by atoms with Gasteiger partial charge in [0, 0.05) is 11.4 Å². The van der Waals surface area contributed by atoms with E-state index in [0.717, 1.165) is 0 Å². The maximum Gasteiger partial charge on any atom is 0.273 e. The summed E-state index contributed by atoms with van der Waals surface area (Å²) in [5.41, 5.74) is 5.04. The molecule has 0 aromatic heterocycles. The number of hydrazine groups is 1. The van der Waals surface area contributed by atoms with Crippen LogP contribution in [-0.4, -0.2) is 22.0 Å². The summed E-state index contributed by atoms with van der Waals surface area (Å²) >= 11 is 5.75. The number of carbonyl (C=O) groups is 2. The molecule has 23 heavy (non-hydrogen) atoms. The van der Waals surface area contributed by atoms with Crippen molar-refractivity contribution in [2.45, 2.75) is 12.8 Å². The van der Waals surface area contributed by atoms with Crippen molar-refractivity contribution in [1.29, 1.82) is 0 Å². The summed E-state index contributed by atoms with van der Waals surface area (Å²) < 4.78 is 0. The molecule has 0 aliphatic carbocycles. The van der Waals surface area contributed by atoms with E-state index in [4.69, 9.17) is 11.6 Å². The van der Waals surface area contributed by atoms with Crippen LogP contribution in [0.25, 0.3) is 0 Å². The lowest BCUT2D eigenvalue weighted by atomic mass is 10.1. The molecule has 120 valence electrons. The van der Waals surface area contributed by atoms with E-state index in [1.54, 1.807) is 18.2 Å². The lowest BCUT2D eigenvalue weighted by Crippen LogP contribution is -2.41. The standard InChI is InChI=1S/C16H15ClN2O4/c17-11-6-7-14(21)12(9-11)16(23)19-18-15(22)8-5-10-3-1-2-4-13(10)20/h1-4,6-7,9,20-21H,5,8H2,(H,18,22)(H,19,23). The van der Waals surface area contributed by atoms with Crippen molar-refractivity contribution in [1.82, 2.24) is 10.9 Å². The normalized spacial score (nSPS) is 10.1. The van der Waals surface area contributed by atoms with Crippen molar-refractivity contribution in [2.75, 3.05) is 0 Å². The van der Waals surface area contributed by atoms with Gasteiger partial charge in [-0.2, -0.15) is 0 Å². The van der Waals surface area contributed by atoms with Gasteiger partial charge in [0.15, 0.2) is 0 Å². The number of para-hydroxylation sites is 1. The largest absolute Gasteiger partial charge is 0.508 e. The van der Waals surface area contributed by atoms with Crippen LogP contribution < -0.4 is 10.9 Å². The van der Waals surface area contributed by atoms with E-state index in [1.807, 2.05) is 0 Å². The van der Waals surface area contributed by atoms with E-state index in [0.29, 0.717) is 17.0 Å². The van der Waals surface area contributed by atoms with Gasteiger partial charge < -0.3 is 10.2 Å². The van der Waals surface area contributed by atoms with Gasteiger partial charge in [-0.1, -0.05) is 29.8 Å². The van der Waals surface area contributed by atoms with E-state index < -0.39 is 11.8 Å². The SMILES string of the molecule is O=C(CCc1ccccc1O)NNC(=O)c1cc(Cl)ccc1O. The van der Waals surface area contributed by atoms with Crippen molar-refractivity contribution in [3.63, 3.8) is 0 Å². The van der Waals surface area contributed by atoms with Gasteiger partial charge in [0.1, 0.15) is 11.5 Å². The molecule has 0 heterocycles. The molecule has 0 aliphatic rings. The molecule has 0 fully saturated rings. The molecule has 7 heteroatoms. The van der Waals surface area contributed by atoms with Gasteiger partial charge in [-0.15, -0.1) is 0 Å². The zero-order valence-electron chi connectivity index (χ0n) is 12.0. The number of aromatic hydroxyl groups is 2. The number of carbonyl (C=O) groups excluding carboxylic acids is 2. The number of hydrogen-bond donors (Lipinski definition) is 4. The van der Waals surface area contributed by atoms with Gasteiger partial charge in [0.2, 0.25) is 5.91 Å². The second kappa shape index (κ2) is 7.51. The number of phenolic OH excluding ortho intramolecular Hbond substituents is 2. The molecular formula is C16H15ClN2O4. The van der Waals surface area contributed by atoms with Crippen LogP contribution in [0.3, 0.4) is 0 Å². The fourth-order valence-electron chi connectivity index (χ4n) is 1.92. The highest BCUT2D eigenvalue weighted by atomic mass is 35.5. The predicted octanol–water partition coefficient (Wildman–Crippen LogP) is 2.15. The molecule has 4 N–H and O–H groups in total. The summed E-state index contributed by atoms with van der Waals surface area (Å²) in [6.45, 7) is 0. The molecule has 0 aliphatic heterocycles. The Labute approximate surface area is 137 Å². The second-order valence-electron chi connectivity index (χ2n) is 4.79. The lowest BCUT2D eigenvalue weighted by Gasteiger charge is -2.09.